The predicted octanol–water partition coefficient (Wildman–Crippen LogP) is 2.55. The first-order valence-electron chi connectivity index (χ1n) is 5.34. The van der Waals surface area contributed by atoms with Gasteiger partial charge < -0.3 is 9.47 Å². The molecule has 0 fully saturated rings. The van der Waals surface area contributed by atoms with Gasteiger partial charge in [-0.05, 0) is 24.6 Å². The average molecular weight is 287 g/mol. The molecule has 0 spiro atoms. The van der Waals surface area contributed by atoms with Crippen LogP contribution in [-0.2, 0) is 16.0 Å². The van der Waals surface area contributed by atoms with Crippen molar-refractivity contribution >= 4 is 18.6 Å². The lowest BCUT2D eigenvalue weighted by Gasteiger charge is -2.10. The highest BCUT2D eigenvalue weighted by Crippen LogP contribution is 2.26. The van der Waals surface area contributed by atoms with E-state index in [1.807, 2.05) is 6.07 Å². The SMILES string of the molecule is CCOC(=O)Cc1cc(OC(F)F)cc(S)c1C#N. The van der Waals surface area contributed by atoms with Crippen molar-refractivity contribution in [2.24, 2.45) is 0 Å². The summed E-state index contributed by atoms with van der Waals surface area (Å²) < 4.78 is 33.3. The van der Waals surface area contributed by atoms with Crippen molar-refractivity contribution < 1.29 is 23.0 Å². The zero-order valence-electron chi connectivity index (χ0n) is 10.0. The van der Waals surface area contributed by atoms with E-state index >= 15 is 0 Å². The van der Waals surface area contributed by atoms with E-state index in [2.05, 4.69) is 17.4 Å². The molecule has 0 heterocycles. The molecule has 0 radical (unpaired) electrons. The van der Waals surface area contributed by atoms with E-state index in [4.69, 9.17) is 10.00 Å². The van der Waals surface area contributed by atoms with Gasteiger partial charge in [-0.25, -0.2) is 0 Å². The first-order chi connectivity index (χ1) is 8.97. The Labute approximate surface area is 114 Å². The monoisotopic (exact) mass is 287 g/mol. The van der Waals surface area contributed by atoms with Gasteiger partial charge in [0.25, 0.3) is 0 Å². The molecule has 0 bridgehead atoms. The van der Waals surface area contributed by atoms with Crippen molar-refractivity contribution in [1.29, 1.82) is 5.26 Å². The first-order valence-corrected chi connectivity index (χ1v) is 5.79. The molecule has 0 amide bonds. The summed E-state index contributed by atoms with van der Waals surface area (Å²) in [5.41, 5.74) is 0.377. The lowest BCUT2D eigenvalue weighted by atomic mass is 10.0. The Kier molecular flexibility index (Phi) is 5.57. The van der Waals surface area contributed by atoms with Gasteiger partial charge in [-0.2, -0.15) is 14.0 Å². The van der Waals surface area contributed by atoms with Crippen molar-refractivity contribution in [2.75, 3.05) is 6.61 Å². The van der Waals surface area contributed by atoms with E-state index in [9.17, 15) is 13.6 Å². The number of benzene rings is 1. The van der Waals surface area contributed by atoms with Crippen LogP contribution >= 0.6 is 12.6 Å². The maximum absolute atomic E-state index is 12.1. The highest BCUT2D eigenvalue weighted by Gasteiger charge is 2.15. The van der Waals surface area contributed by atoms with E-state index in [0.29, 0.717) is 0 Å². The lowest BCUT2D eigenvalue weighted by molar-refractivity contribution is -0.142. The van der Waals surface area contributed by atoms with E-state index in [1.165, 1.54) is 12.1 Å². The molecule has 1 rings (SSSR count). The third-order valence-corrected chi connectivity index (χ3v) is 2.50. The van der Waals surface area contributed by atoms with Crippen LogP contribution in [0.4, 0.5) is 8.78 Å². The normalized spacial score (nSPS) is 10.1. The van der Waals surface area contributed by atoms with Gasteiger partial charge in [-0.1, -0.05) is 0 Å². The van der Waals surface area contributed by atoms with Gasteiger partial charge >= 0.3 is 12.6 Å². The van der Waals surface area contributed by atoms with Crippen LogP contribution in [0.5, 0.6) is 5.75 Å². The van der Waals surface area contributed by atoms with Gasteiger partial charge in [0.2, 0.25) is 0 Å². The lowest BCUT2D eigenvalue weighted by Crippen LogP contribution is -2.10. The summed E-state index contributed by atoms with van der Waals surface area (Å²) in [6.45, 7) is -1.15. The van der Waals surface area contributed by atoms with Gasteiger partial charge in [-0.3, -0.25) is 4.79 Å². The zero-order valence-corrected chi connectivity index (χ0v) is 10.9. The Bertz CT molecular complexity index is 514. The fourth-order valence-corrected chi connectivity index (χ4v) is 1.78. The summed E-state index contributed by atoms with van der Waals surface area (Å²) >= 11 is 4.01. The molecule has 0 aliphatic heterocycles. The molecule has 19 heavy (non-hydrogen) atoms. The highest BCUT2D eigenvalue weighted by molar-refractivity contribution is 7.80. The second kappa shape index (κ2) is 6.95. The first kappa shape index (κ1) is 15.2. The van der Waals surface area contributed by atoms with E-state index in [1.54, 1.807) is 6.92 Å². The van der Waals surface area contributed by atoms with Crippen molar-refractivity contribution in [3.05, 3.63) is 23.3 Å². The molecule has 0 aliphatic rings. The number of carbonyl (C=O) groups is 1. The van der Waals surface area contributed by atoms with E-state index < -0.39 is 12.6 Å². The third kappa shape index (κ3) is 4.41. The quantitative estimate of drug-likeness (QED) is 0.668. The van der Waals surface area contributed by atoms with Crippen LogP contribution in [0.3, 0.4) is 0 Å². The van der Waals surface area contributed by atoms with Crippen molar-refractivity contribution in [3.63, 3.8) is 0 Å². The van der Waals surface area contributed by atoms with Gasteiger partial charge in [-0.15, -0.1) is 12.6 Å². The number of carbonyl (C=O) groups excluding carboxylic acids is 1. The number of nitrogens with zero attached hydrogens (tertiary/aromatic N) is 1. The maximum Gasteiger partial charge on any atom is 0.387 e. The summed E-state index contributed by atoms with van der Waals surface area (Å²) in [6.07, 6.45) is -0.204. The molecule has 1 aromatic carbocycles. The molecule has 4 nitrogen and oxygen atoms in total. The Balaban J connectivity index is 3.08. The van der Waals surface area contributed by atoms with Gasteiger partial charge in [0.15, 0.2) is 0 Å². The number of rotatable bonds is 5. The fraction of sp³-hybridized carbons (Fsp3) is 0.333. The number of hydrogen-bond donors (Lipinski definition) is 1. The minimum absolute atomic E-state index is 0.137. The Hall–Kier alpha value is -1.81. The average Bonchev–Trinajstić information content (AvgIpc) is 2.27. The molecule has 0 aliphatic carbocycles. The molecule has 0 aromatic heterocycles. The van der Waals surface area contributed by atoms with Crippen LogP contribution in [0.2, 0.25) is 0 Å². The Morgan fingerprint density at radius 3 is 2.74 bits per heavy atom. The van der Waals surface area contributed by atoms with Crippen LogP contribution in [0.25, 0.3) is 0 Å². The topological polar surface area (TPSA) is 59.3 Å². The second-order valence-electron chi connectivity index (χ2n) is 3.45. The largest absolute Gasteiger partial charge is 0.466 e. The van der Waals surface area contributed by atoms with Crippen LogP contribution < -0.4 is 4.74 Å². The molecular weight excluding hydrogens is 276 g/mol. The van der Waals surface area contributed by atoms with Crippen molar-refractivity contribution in [2.45, 2.75) is 24.9 Å². The van der Waals surface area contributed by atoms with Crippen LogP contribution in [0.1, 0.15) is 18.1 Å². The van der Waals surface area contributed by atoms with Crippen LogP contribution in [-0.4, -0.2) is 19.2 Å². The Morgan fingerprint density at radius 1 is 1.53 bits per heavy atom. The van der Waals surface area contributed by atoms with Crippen molar-refractivity contribution in [1.82, 2.24) is 0 Å². The highest BCUT2D eigenvalue weighted by atomic mass is 32.1. The molecule has 1 aromatic rings. The summed E-state index contributed by atoms with van der Waals surface area (Å²) in [5, 5.41) is 8.97. The van der Waals surface area contributed by atoms with Gasteiger partial charge in [0, 0.05) is 4.90 Å². The molecular formula is C12H11F2NO3S. The minimum atomic E-state index is -2.99. The van der Waals surface area contributed by atoms with E-state index in [-0.39, 0.29) is 34.8 Å². The zero-order chi connectivity index (χ0) is 14.4. The predicted molar refractivity (Wildman–Crippen MR) is 65.4 cm³/mol. The molecule has 0 saturated heterocycles. The molecule has 102 valence electrons. The fourth-order valence-electron chi connectivity index (χ4n) is 1.46. The number of ether oxygens (including phenoxy) is 2. The van der Waals surface area contributed by atoms with E-state index in [0.717, 1.165) is 0 Å². The summed E-state index contributed by atoms with van der Waals surface area (Å²) in [5.74, 6) is -0.709. The van der Waals surface area contributed by atoms with Gasteiger partial charge in [0.1, 0.15) is 11.8 Å². The second-order valence-corrected chi connectivity index (χ2v) is 3.93. The third-order valence-electron chi connectivity index (χ3n) is 2.15. The summed E-state index contributed by atoms with van der Waals surface area (Å²) in [7, 11) is 0. The minimum Gasteiger partial charge on any atom is -0.466 e. The Morgan fingerprint density at radius 2 is 2.21 bits per heavy atom. The van der Waals surface area contributed by atoms with Crippen LogP contribution in [0.15, 0.2) is 17.0 Å². The number of thiol groups is 1. The maximum atomic E-state index is 12.1. The molecule has 7 heteroatoms. The number of esters is 1. The van der Waals surface area contributed by atoms with Gasteiger partial charge in [0.05, 0.1) is 18.6 Å². The summed E-state index contributed by atoms with van der Waals surface area (Å²) in [4.78, 5) is 11.5. The molecule has 0 saturated carbocycles. The van der Waals surface area contributed by atoms with Crippen LogP contribution in [0, 0.1) is 11.3 Å². The number of halogens is 2. The van der Waals surface area contributed by atoms with Crippen molar-refractivity contribution in [3.8, 4) is 11.8 Å². The smallest absolute Gasteiger partial charge is 0.387 e. The number of hydrogen-bond acceptors (Lipinski definition) is 5. The standard InChI is InChI=1S/C12H11F2NO3S/c1-2-17-11(16)4-7-3-8(18-12(13)14)5-10(19)9(7)6-15/h3,5,12,19H,2,4H2,1H3. The molecule has 0 atom stereocenters. The molecule has 0 unspecified atom stereocenters. The number of alkyl halides is 2. The number of nitriles is 1. The molecule has 0 N–H and O–H groups in total. The summed E-state index contributed by atoms with van der Waals surface area (Å²) in [6, 6.07) is 4.27.